The Morgan fingerprint density at radius 3 is 2.56 bits per heavy atom. The number of nitrogens with one attached hydrogen (secondary N) is 1. The smallest absolute Gasteiger partial charge is 0.336 e. The molecule has 2 aromatic carbocycles. The fourth-order valence-electron chi connectivity index (χ4n) is 3.05. The molecule has 0 aliphatic heterocycles. The Labute approximate surface area is 195 Å². The molecule has 0 bridgehead atoms. The first kappa shape index (κ1) is 23.9. The summed E-state index contributed by atoms with van der Waals surface area (Å²) in [5.41, 5.74) is 3.07. The minimum atomic E-state index is -0.555. The van der Waals surface area contributed by atoms with Crippen molar-refractivity contribution < 1.29 is 18.7 Å². The van der Waals surface area contributed by atoms with E-state index in [1.807, 2.05) is 38.1 Å². The van der Waals surface area contributed by atoms with E-state index in [-0.39, 0.29) is 18.3 Å². The number of ether oxygens (including phenoxy) is 1. The lowest BCUT2D eigenvalue weighted by Crippen LogP contribution is -2.21. The first-order valence-corrected chi connectivity index (χ1v) is 11.6. The molecular weight excluding hydrogens is 450 g/mol. The van der Waals surface area contributed by atoms with Crippen LogP contribution in [0.15, 0.2) is 51.7 Å². The molecule has 1 aromatic heterocycles. The maximum Gasteiger partial charge on any atom is 0.336 e. The Morgan fingerprint density at radius 2 is 1.88 bits per heavy atom. The first-order chi connectivity index (χ1) is 15.3. The molecule has 0 radical (unpaired) electrons. The lowest BCUT2D eigenvalue weighted by Gasteiger charge is -2.13. The summed E-state index contributed by atoms with van der Waals surface area (Å²) < 4.78 is 10.7. The van der Waals surface area contributed by atoms with Crippen LogP contribution in [-0.4, -0.2) is 22.9 Å². The molecule has 0 spiro atoms. The number of rotatable bonds is 8. The fourth-order valence-corrected chi connectivity index (χ4v) is 4.02. The van der Waals surface area contributed by atoms with Gasteiger partial charge in [0, 0.05) is 27.7 Å². The van der Waals surface area contributed by atoms with Gasteiger partial charge in [0.2, 0.25) is 5.91 Å². The second kappa shape index (κ2) is 10.7. The number of fused-ring (bicyclic) bond motifs is 1. The van der Waals surface area contributed by atoms with Gasteiger partial charge in [0.25, 0.3) is 0 Å². The number of amides is 1. The molecule has 1 atom stereocenters. The summed E-state index contributed by atoms with van der Waals surface area (Å²) >= 11 is 7.47. The van der Waals surface area contributed by atoms with Crippen LogP contribution in [0.2, 0.25) is 5.02 Å². The number of thioether (sulfide) groups is 1. The molecule has 3 rings (SSSR count). The Hall–Kier alpha value is -2.77. The molecule has 8 heteroatoms. The van der Waals surface area contributed by atoms with Crippen LogP contribution < -0.4 is 10.9 Å². The van der Waals surface area contributed by atoms with Gasteiger partial charge in [-0.25, -0.2) is 4.79 Å². The van der Waals surface area contributed by atoms with E-state index in [1.165, 1.54) is 17.8 Å². The summed E-state index contributed by atoms with van der Waals surface area (Å²) in [6, 6.07) is 12.2. The quantitative estimate of drug-likeness (QED) is 0.361. The largest absolute Gasteiger partial charge is 0.460 e. The monoisotopic (exact) mass is 473 g/mol. The van der Waals surface area contributed by atoms with Crippen molar-refractivity contribution in [3.05, 3.63) is 74.6 Å². The zero-order valence-corrected chi connectivity index (χ0v) is 19.6. The maximum atomic E-state index is 12.4. The van der Waals surface area contributed by atoms with Crippen LogP contribution in [0.1, 0.15) is 30.5 Å². The third kappa shape index (κ3) is 6.14. The van der Waals surface area contributed by atoms with Crippen molar-refractivity contribution in [2.24, 2.45) is 0 Å². The number of hydrogen-bond acceptors (Lipinski definition) is 6. The molecule has 32 heavy (non-hydrogen) atoms. The highest BCUT2D eigenvalue weighted by atomic mass is 35.5. The van der Waals surface area contributed by atoms with E-state index in [2.05, 4.69) is 5.32 Å². The van der Waals surface area contributed by atoms with Crippen molar-refractivity contribution in [2.45, 2.75) is 39.0 Å². The average molecular weight is 474 g/mol. The number of esters is 1. The van der Waals surface area contributed by atoms with Gasteiger partial charge in [0.1, 0.15) is 17.4 Å². The molecule has 0 fully saturated rings. The van der Waals surface area contributed by atoms with Gasteiger partial charge < -0.3 is 14.5 Å². The number of carbonyl (C=O) groups is 2. The molecule has 0 aliphatic rings. The summed E-state index contributed by atoms with van der Waals surface area (Å²) in [6.07, 6.45) is 0.698. The number of hydrogen-bond donors (Lipinski definition) is 1. The molecule has 168 valence electrons. The van der Waals surface area contributed by atoms with Crippen LogP contribution in [-0.2, 0) is 27.4 Å². The number of anilines is 1. The molecule has 6 nitrogen and oxygen atoms in total. The molecule has 1 heterocycles. The zero-order chi connectivity index (χ0) is 23.3. The standard InChI is InChI=1S/C24H24ClNO5S/c1-4-16-9-21-19(11-20(16)25)17(10-23(28)31-21)12-30-24(29)15(3)32-13-22(27)26-18-7-5-14(2)6-8-18/h5-11,15H,4,12-13H2,1-3H3,(H,26,27). The van der Waals surface area contributed by atoms with Crippen LogP contribution in [0, 0.1) is 6.92 Å². The van der Waals surface area contributed by atoms with Crippen molar-refractivity contribution in [3.63, 3.8) is 0 Å². The minimum absolute atomic E-state index is 0.0941. The van der Waals surface area contributed by atoms with Gasteiger partial charge >= 0.3 is 11.6 Å². The van der Waals surface area contributed by atoms with Crippen molar-refractivity contribution in [1.82, 2.24) is 0 Å². The third-order valence-electron chi connectivity index (χ3n) is 4.88. The molecule has 1 unspecified atom stereocenters. The van der Waals surface area contributed by atoms with Crippen LogP contribution in [0.5, 0.6) is 0 Å². The molecule has 0 aliphatic carbocycles. The zero-order valence-electron chi connectivity index (χ0n) is 18.1. The fraction of sp³-hybridized carbons (Fsp3) is 0.292. The molecule has 0 saturated carbocycles. The molecular formula is C24H24ClNO5S. The number of halogens is 1. The van der Waals surface area contributed by atoms with E-state index in [1.54, 1.807) is 19.1 Å². The Morgan fingerprint density at radius 1 is 1.16 bits per heavy atom. The topological polar surface area (TPSA) is 85.6 Å². The lowest BCUT2D eigenvalue weighted by atomic mass is 10.1. The van der Waals surface area contributed by atoms with Crippen LogP contribution in [0.3, 0.4) is 0 Å². The van der Waals surface area contributed by atoms with E-state index < -0.39 is 16.8 Å². The van der Waals surface area contributed by atoms with Crippen molar-refractivity contribution in [1.29, 1.82) is 0 Å². The van der Waals surface area contributed by atoms with Gasteiger partial charge in [0.15, 0.2) is 0 Å². The Balaban J connectivity index is 1.58. The second-order valence-corrected chi connectivity index (χ2v) is 9.10. The molecule has 3 aromatic rings. The van der Waals surface area contributed by atoms with E-state index in [0.29, 0.717) is 33.7 Å². The number of benzene rings is 2. The van der Waals surface area contributed by atoms with E-state index >= 15 is 0 Å². The Bertz CT molecular complexity index is 1190. The van der Waals surface area contributed by atoms with Crippen molar-refractivity contribution in [2.75, 3.05) is 11.1 Å². The highest BCUT2D eigenvalue weighted by Crippen LogP contribution is 2.27. The molecule has 1 amide bonds. The van der Waals surface area contributed by atoms with Crippen molar-refractivity contribution >= 4 is 51.9 Å². The second-order valence-electron chi connectivity index (χ2n) is 7.36. The van der Waals surface area contributed by atoms with Gasteiger partial charge in [-0.1, -0.05) is 36.2 Å². The summed E-state index contributed by atoms with van der Waals surface area (Å²) in [6.45, 7) is 5.50. The van der Waals surface area contributed by atoms with Gasteiger partial charge in [-0.3, -0.25) is 9.59 Å². The summed E-state index contributed by atoms with van der Waals surface area (Å²) in [7, 11) is 0. The molecule has 1 N–H and O–H groups in total. The van der Waals surface area contributed by atoms with Crippen LogP contribution >= 0.6 is 23.4 Å². The summed E-state index contributed by atoms with van der Waals surface area (Å²) in [5.74, 6) is -0.570. The predicted octanol–water partition coefficient (Wildman–Crippen LogP) is 5.12. The third-order valence-corrected chi connectivity index (χ3v) is 6.35. The number of carbonyl (C=O) groups excluding carboxylic acids is 2. The number of aryl methyl sites for hydroxylation is 2. The Kier molecular flexibility index (Phi) is 7.99. The highest BCUT2D eigenvalue weighted by Gasteiger charge is 2.18. The minimum Gasteiger partial charge on any atom is -0.460 e. The van der Waals surface area contributed by atoms with E-state index in [9.17, 15) is 14.4 Å². The summed E-state index contributed by atoms with van der Waals surface area (Å²) in [4.78, 5) is 36.5. The van der Waals surface area contributed by atoms with Gasteiger partial charge in [-0.05, 0) is 50.1 Å². The average Bonchev–Trinajstić information content (AvgIpc) is 2.77. The van der Waals surface area contributed by atoms with Gasteiger partial charge in [-0.2, -0.15) is 0 Å². The van der Waals surface area contributed by atoms with Crippen molar-refractivity contribution in [3.8, 4) is 0 Å². The highest BCUT2D eigenvalue weighted by molar-refractivity contribution is 8.01. The maximum absolute atomic E-state index is 12.4. The first-order valence-electron chi connectivity index (χ1n) is 10.2. The van der Waals surface area contributed by atoms with E-state index in [0.717, 1.165) is 11.1 Å². The lowest BCUT2D eigenvalue weighted by molar-refractivity contribution is -0.143. The molecule has 0 saturated heterocycles. The van der Waals surface area contributed by atoms with E-state index in [4.69, 9.17) is 20.8 Å². The summed E-state index contributed by atoms with van der Waals surface area (Å²) in [5, 5.41) is 3.42. The van der Waals surface area contributed by atoms with Gasteiger partial charge in [0.05, 0.1) is 5.75 Å². The van der Waals surface area contributed by atoms with Gasteiger partial charge in [-0.15, -0.1) is 11.8 Å². The predicted molar refractivity (Wildman–Crippen MR) is 128 cm³/mol. The SMILES string of the molecule is CCc1cc2oc(=O)cc(COC(=O)C(C)SCC(=O)Nc3ccc(C)cc3)c2cc1Cl. The van der Waals surface area contributed by atoms with Crippen LogP contribution in [0.25, 0.3) is 11.0 Å². The van der Waals surface area contributed by atoms with Crippen LogP contribution in [0.4, 0.5) is 5.69 Å². The normalized spacial score (nSPS) is 11.9.